The summed E-state index contributed by atoms with van der Waals surface area (Å²) in [5.41, 5.74) is -0.360. The van der Waals surface area contributed by atoms with Crippen LogP contribution in [0.1, 0.15) is 40.5 Å². The predicted octanol–water partition coefficient (Wildman–Crippen LogP) is 3.39. The number of hydrogen-bond donors (Lipinski definition) is 0. The molecule has 0 bridgehead atoms. The van der Waals surface area contributed by atoms with E-state index in [-0.39, 0.29) is 10.6 Å². The summed E-state index contributed by atoms with van der Waals surface area (Å²) in [6, 6.07) is 0. The molecule has 1 heterocycles. The van der Waals surface area contributed by atoms with Crippen LogP contribution in [0, 0.1) is 5.92 Å². The lowest BCUT2D eigenvalue weighted by Gasteiger charge is -2.46. The van der Waals surface area contributed by atoms with Crippen LogP contribution < -0.4 is 0 Å². The molecule has 1 saturated heterocycles. The second-order valence-electron chi connectivity index (χ2n) is 7.11. The molecule has 0 aromatic heterocycles. The SMILES string of the molecule is CC(CC=O)(O[Si](C)(C)C(C)(C)C)C1CCOC1. The minimum atomic E-state index is -1.86. The van der Waals surface area contributed by atoms with Crippen LogP contribution in [0.4, 0.5) is 0 Å². The van der Waals surface area contributed by atoms with Gasteiger partial charge in [0.15, 0.2) is 8.32 Å². The normalized spacial score (nSPS) is 24.9. The fraction of sp³-hybridized carbons (Fsp3) is 0.929. The minimum absolute atomic E-state index is 0.163. The Bertz CT molecular complexity index is 290. The van der Waals surface area contributed by atoms with Crippen LogP contribution in [0.2, 0.25) is 18.1 Å². The summed E-state index contributed by atoms with van der Waals surface area (Å²) >= 11 is 0. The van der Waals surface area contributed by atoms with Gasteiger partial charge in [-0.2, -0.15) is 0 Å². The van der Waals surface area contributed by atoms with E-state index in [2.05, 4.69) is 40.8 Å². The van der Waals surface area contributed by atoms with Gasteiger partial charge in [0.25, 0.3) is 0 Å². The van der Waals surface area contributed by atoms with Crippen molar-refractivity contribution >= 4 is 14.6 Å². The number of ether oxygens (including phenoxy) is 1. The third-order valence-electron chi connectivity index (χ3n) is 4.58. The molecule has 1 fully saturated rings. The first-order valence-electron chi connectivity index (χ1n) is 6.84. The van der Waals surface area contributed by atoms with Gasteiger partial charge < -0.3 is 14.0 Å². The Hall–Kier alpha value is -0.193. The van der Waals surface area contributed by atoms with Crippen molar-refractivity contribution in [1.29, 1.82) is 0 Å². The standard InChI is InChI=1S/C14H28O3Si/c1-13(2,3)18(5,6)17-14(4,8-9-15)12-7-10-16-11-12/h9,12H,7-8,10-11H2,1-6H3. The van der Waals surface area contributed by atoms with Crippen molar-refractivity contribution in [2.45, 2.75) is 64.3 Å². The van der Waals surface area contributed by atoms with Crippen LogP contribution in [-0.4, -0.2) is 33.4 Å². The highest BCUT2D eigenvalue weighted by atomic mass is 28.4. The van der Waals surface area contributed by atoms with Crippen LogP contribution in [0.25, 0.3) is 0 Å². The fourth-order valence-electron chi connectivity index (χ4n) is 2.21. The molecule has 0 saturated carbocycles. The molecule has 0 N–H and O–H groups in total. The first-order valence-corrected chi connectivity index (χ1v) is 9.75. The average molecular weight is 272 g/mol. The molecule has 18 heavy (non-hydrogen) atoms. The summed E-state index contributed by atoms with van der Waals surface area (Å²) in [7, 11) is -1.86. The van der Waals surface area contributed by atoms with Gasteiger partial charge in [-0.25, -0.2) is 0 Å². The Labute approximate surface area is 112 Å². The molecule has 1 aliphatic rings. The molecule has 3 nitrogen and oxygen atoms in total. The Morgan fingerprint density at radius 1 is 1.33 bits per heavy atom. The minimum Gasteiger partial charge on any atom is -0.411 e. The molecule has 0 aromatic rings. The topological polar surface area (TPSA) is 35.5 Å². The van der Waals surface area contributed by atoms with E-state index in [1.165, 1.54) is 0 Å². The highest BCUT2D eigenvalue weighted by Crippen LogP contribution is 2.43. The van der Waals surface area contributed by atoms with E-state index in [0.717, 1.165) is 25.9 Å². The van der Waals surface area contributed by atoms with E-state index in [1.54, 1.807) is 0 Å². The second-order valence-corrected chi connectivity index (χ2v) is 11.8. The highest BCUT2D eigenvalue weighted by molar-refractivity contribution is 6.74. The third kappa shape index (κ3) is 3.43. The van der Waals surface area contributed by atoms with E-state index >= 15 is 0 Å². The van der Waals surface area contributed by atoms with Crippen LogP contribution in [-0.2, 0) is 14.0 Å². The van der Waals surface area contributed by atoms with Gasteiger partial charge in [0.1, 0.15) is 6.29 Å². The summed E-state index contributed by atoms with van der Waals surface area (Å²) in [5.74, 6) is 0.344. The van der Waals surface area contributed by atoms with Gasteiger partial charge in [-0.05, 0) is 31.5 Å². The number of carbonyl (C=O) groups is 1. The Morgan fingerprint density at radius 2 is 1.94 bits per heavy atom. The molecular weight excluding hydrogens is 244 g/mol. The maximum absolute atomic E-state index is 11.0. The average Bonchev–Trinajstić information content (AvgIpc) is 2.67. The third-order valence-corrected chi connectivity index (χ3v) is 9.17. The van der Waals surface area contributed by atoms with Gasteiger partial charge in [0.2, 0.25) is 0 Å². The largest absolute Gasteiger partial charge is 0.411 e. The van der Waals surface area contributed by atoms with Gasteiger partial charge >= 0.3 is 0 Å². The van der Waals surface area contributed by atoms with Crippen LogP contribution in [0.5, 0.6) is 0 Å². The first kappa shape index (κ1) is 15.9. The van der Waals surface area contributed by atoms with Crippen LogP contribution in [0.15, 0.2) is 0 Å². The Morgan fingerprint density at radius 3 is 2.33 bits per heavy atom. The van der Waals surface area contributed by atoms with Crippen LogP contribution in [0.3, 0.4) is 0 Å². The first-order chi connectivity index (χ1) is 8.12. The molecule has 4 heteroatoms. The molecule has 1 rings (SSSR count). The quantitative estimate of drug-likeness (QED) is 0.568. The van der Waals surface area contributed by atoms with Crippen molar-refractivity contribution in [2.75, 3.05) is 13.2 Å². The number of aldehydes is 1. The highest BCUT2D eigenvalue weighted by Gasteiger charge is 2.46. The van der Waals surface area contributed by atoms with Crippen molar-refractivity contribution in [1.82, 2.24) is 0 Å². The van der Waals surface area contributed by atoms with E-state index in [0.29, 0.717) is 12.3 Å². The van der Waals surface area contributed by atoms with Crippen molar-refractivity contribution in [2.24, 2.45) is 5.92 Å². The molecular formula is C14H28O3Si. The molecule has 0 amide bonds. The summed E-state index contributed by atoms with van der Waals surface area (Å²) in [6.07, 6.45) is 2.46. The molecule has 0 radical (unpaired) electrons. The second kappa shape index (κ2) is 5.43. The van der Waals surface area contributed by atoms with Gasteiger partial charge in [0, 0.05) is 18.9 Å². The van der Waals surface area contributed by atoms with E-state index in [9.17, 15) is 4.79 Å². The van der Waals surface area contributed by atoms with Crippen LogP contribution >= 0.6 is 0 Å². The summed E-state index contributed by atoms with van der Waals surface area (Å²) in [6.45, 7) is 14.8. The molecule has 0 spiro atoms. The van der Waals surface area contributed by atoms with Crippen molar-refractivity contribution < 1.29 is 14.0 Å². The lowest BCUT2D eigenvalue weighted by Crippen LogP contribution is -2.52. The molecule has 106 valence electrons. The van der Waals surface area contributed by atoms with Crippen molar-refractivity contribution in [3.8, 4) is 0 Å². The summed E-state index contributed by atoms with van der Waals surface area (Å²) in [5, 5.41) is 0.163. The lowest BCUT2D eigenvalue weighted by atomic mass is 9.86. The Balaban J connectivity index is 2.88. The number of carbonyl (C=O) groups excluding carboxylic acids is 1. The molecule has 0 aromatic carbocycles. The lowest BCUT2D eigenvalue weighted by molar-refractivity contribution is -0.113. The van der Waals surface area contributed by atoms with Gasteiger partial charge in [0.05, 0.1) is 12.2 Å². The maximum Gasteiger partial charge on any atom is 0.192 e. The van der Waals surface area contributed by atoms with Gasteiger partial charge in [-0.15, -0.1) is 0 Å². The van der Waals surface area contributed by atoms with E-state index in [1.807, 2.05) is 0 Å². The van der Waals surface area contributed by atoms with Crippen molar-refractivity contribution in [3.05, 3.63) is 0 Å². The van der Waals surface area contributed by atoms with E-state index in [4.69, 9.17) is 9.16 Å². The van der Waals surface area contributed by atoms with Gasteiger partial charge in [-0.1, -0.05) is 20.8 Å². The smallest absolute Gasteiger partial charge is 0.192 e. The predicted molar refractivity (Wildman–Crippen MR) is 76.3 cm³/mol. The molecule has 1 aliphatic heterocycles. The van der Waals surface area contributed by atoms with E-state index < -0.39 is 8.32 Å². The zero-order chi connectivity index (χ0) is 14.0. The van der Waals surface area contributed by atoms with Crippen molar-refractivity contribution in [3.63, 3.8) is 0 Å². The summed E-state index contributed by atoms with van der Waals surface area (Å²) in [4.78, 5) is 11.0. The van der Waals surface area contributed by atoms with Gasteiger partial charge in [-0.3, -0.25) is 0 Å². The Kier molecular flexibility index (Phi) is 4.79. The fourth-order valence-corrected chi connectivity index (χ4v) is 3.93. The maximum atomic E-state index is 11.0. The number of hydrogen-bond acceptors (Lipinski definition) is 3. The zero-order valence-electron chi connectivity index (χ0n) is 12.7. The monoisotopic (exact) mass is 272 g/mol. The zero-order valence-corrected chi connectivity index (χ0v) is 13.7. The molecule has 2 unspecified atom stereocenters. The summed E-state index contributed by atoms with van der Waals surface area (Å²) < 4.78 is 12.0. The number of rotatable bonds is 5. The molecule has 2 atom stereocenters. The molecule has 0 aliphatic carbocycles.